The van der Waals surface area contributed by atoms with Crippen molar-refractivity contribution in [3.05, 3.63) is 66.7 Å². The summed E-state index contributed by atoms with van der Waals surface area (Å²) in [5, 5.41) is 0. The van der Waals surface area contributed by atoms with Gasteiger partial charge in [-0.1, -0.05) is 60.7 Å². The Kier molecular flexibility index (Phi) is 2.30. The Labute approximate surface area is 101 Å². The molecule has 0 bridgehead atoms. The van der Waals surface area contributed by atoms with Crippen LogP contribution in [0.3, 0.4) is 0 Å². The van der Waals surface area contributed by atoms with Gasteiger partial charge in [0.15, 0.2) is 0 Å². The van der Waals surface area contributed by atoms with Crippen molar-refractivity contribution in [1.29, 1.82) is 0 Å². The topological polar surface area (TPSA) is 26.0 Å². The number of fused-ring (bicyclic) bond motifs is 1. The normalized spacial score (nSPS) is 10.6. The lowest BCUT2D eigenvalue weighted by molar-refractivity contribution is 1.67. The van der Waals surface area contributed by atoms with E-state index in [0.29, 0.717) is 0 Å². The zero-order chi connectivity index (χ0) is 11.7. The molecule has 0 heterocycles. The van der Waals surface area contributed by atoms with E-state index in [-0.39, 0.29) is 0 Å². The van der Waals surface area contributed by atoms with Crippen molar-refractivity contribution in [2.75, 3.05) is 5.73 Å². The molecule has 1 aromatic rings. The number of rotatable bonds is 1. The van der Waals surface area contributed by atoms with Gasteiger partial charge in [0, 0.05) is 11.3 Å². The second kappa shape index (κ2) is 3.95. The number of benzene rings is 1. The summed E-state index contributed by atoms with van der Waals surface area (Å²) in [6.07, 6.45) is 0. The summed E-state index contributed by atoms with van der Waals surface area (Å²) in [7, 11) is 0. The predicted octanol–water partition coefficient (Wildman–Crippen LogP) is 4.04. The first-order chi connectivity index (χ1) is 8.36. The molecule has 0 saturated carbocycles. The van der Waals surface area contributed by atoms with E-state index >= 15 is 0 Å². The maximum absolute atomic E-state index is 6.07. The average Bonchev–Trinajstić information content (AvgIpc) is 2.57. The number of anilines is 1. The van der Waals surface area contributed by atoms with Gasteiger partial charge in [0.1, 0.15) is 0 Å². The van der Waals surface area contributed by atoms with E-state index in [1.165, 1.54) is 16.7 Å². The highest BCUT2D eigenvalue weighted by atomic mass is 14.6. The fourth-order valence-electron chi connectivity index (χ4n) is 2.20. The molecule has 1 nitrogen and oxygen atoms in total. The van der Waals surface area contributed by atoms with Crippen LogP contribution < -0.4 is 5.73 Å². The van der Waals surface area contributed by atoms with Gasteiger partial charge in [-0.05, 0) is 22.8 Å². The number of hydrogen-bond acceptors (Lipinski definition) is 1. The van der Waals surface area contributed by atoms with Crippen molar-refractivity contribution >= 4 is 5.69 Å². The van der Waals surface area contributed by atoms with Crippen molar-refractivity contribution < 1.29 is 0 Å². The van der Waals surface area contributed by atoms with Crippen LogP contribution in [0, 0.1) is 0 Å². The molecule has 2 aliphatic rings. The molecule has 2 aliphatic carbocycles. The molecule has 1 heteroatoms. The van der Waals surface area contributed by atoms with Gasteiger partial charge in [-0.3, -0.25) is 0 Å². The summed E-state index contributed by atoms with van der Waals surface area (Å²) < 4.78 is 0. The van der Waals surface area contributed by atoms with Gasteiger partial charge >= 0.3 is 0 Å². The second-order valence-electron chi connectivity index (χ2n) is 4.12. The molecule has 1 aromatic carbocycles. The zero-order valence-corrected chi connectivity index (χ0v) is 9.43. The Morgan fingerprint density at radius 3 is 1.88 bits per heavy atom. The van der Waals surface area contributed by atoms with Crippen LogP contribution in [0.15, 0.2) is 66.7 Å². The lowest BCUT2D eigenvalue weighted by Gasteiger charge is -2.01. The van der Waals surface area contributed by atoms with Crippen LogP contribution in [0.4, 0.5) is 5.69 Å². The standard InChI is InChI=1S/C16H13N/c17-16-11-15(12-7-3-1-4-8-12)13-9-5-2-6-10-14(13)16/h1-11H,17H2. The second-order valence-corrected chi connectivity index (χ2v) is 4.12. The van der Waals surface area contributed by atoms with Crippen LogP contribution in [0.2, 0.25) is 0 Å². The Morgan fingerprint density at radius 2 is 1.18 bits per heavy atom. The Morgan fingerprint density at radius 1 is 0.588 bits per heavy atom. The molecular weight excluding hydrogens is 206 g/mol. The van der Waals surface area contributed by atoms with Crippen molar-refractivity contribution in [2.45, 2.75) is 0 Å². The lowest BCUT2D eigenvalue weighted by atomic mass is 10.0. The van der Waals surface area contributed by atoms with Crippen molar-refractivity contribution in [3.63, 3.8) is 0 Å². The summed E-state index contributed by atoms with van der Waals surface area (Å²) in [5.41, 5.74) is 11.7. The predicted molar refractivity (Wildman–Crippen MR) is 72.9 cm³/mol. The molecule has 0 atom stereocenters. The average molecular weight is 219 g/mol. The summed E-state index contributed by atoms with van der Waals surface area (Å²) in [6.45, 7) is 0. The van der Waals surface area contributed by atoms with Crippen LogP contribution in [-0.4, -0.2) is 0 Å². The van der Waals surface area contributed by atoms with Gasteiger partial charge in [0.05, 0.1) is 0 Å². The largest absolute Gasteiger partial charge is 0.398 e. The molecule has 0 radical (unpaired) electrons. The van der Waals surface area contributed by atoms with E-state index in [9.17, 15) is 0 Å². The lowest BCUT2D eigenvalue weighted by Crippen LogP contribution is -1.80. The van der Waals surface area contributed by atoms with E-state index < -0.39 is 0 Å². The van der Waals surface area contributed by atoms with E-state index in [1.807, 2.05) is 36.4 Å². The van der Waals surface area contributed by atoms with E-state index in [4.69, 9.17) is 5.73 Å². The minimum absolute atomic E-state index is 0.843. The molecule has 17 heavy (non-hydrogen) atoms. The van der Waals surface area contributed by atoms with Crippen LogP contribution in [0.1, 0.15) is 0 Å². The minimum Gasteiger partial charge on any atom is -0.398 e. The van der Waals surface area contributed by atoms with Gasteiger partial charge in [-0.15, -0.1) is 0 Å². The Hall–Kier alpha value is -2.28. The summed E-state index contributed by atoms with van der Waals surface area (Å²) in [6, 6.07) is 22.7. The Bertz CT molecular complexity index is 614. The molecule has 0 amide bonds. The Balaban J connectivity index is 2.28. The van der Waals surface area contributed by atoms with Crippen molar-refractivity contribution in [2.24, 2.45) is 0 Å². The number of hydrogen-bond donors (Lipinski definition) is 1. The third kappa shape index (κ3) is 1.66. The molecule has 0 aliphatic heterocycles. The maximum atomic E-state index is 6.07. The van der Waals surface area contributed by atoms with Crippen LogP contribution in [-0.2, 0) is 0 Å². The van der Waals surface area contributed by atoms with Crippen molar-refractivity contribution in [3.8, 4) is 22.3 Å². The van der Waals surface area contributed by atoms with E-state index in [2.05, 4.69) is 30.3 Å². The molecule has 0 aromatic heterocycles. The molecular formula is C16H13N. The van der Waals surface area contributed by atoms with E-state index in [0.717, 1.165) is 11.3 Å². The molecule has 0 saturated heterocycles. The van der Waals surface area contributed by atoms with Crippen LogP contribution in [0.5, 0.6) is 0 Å². The number of nitrogen functional groups attached to an aromatic ring is 1. The molecule has 82 valence electrons. The SMILES string of the molecule is Nc1cc(-c2ccccc2)c2cccccc1-2. The minimum atomic E-state index is 0.843. The molecule has 3 rings (SSSR count). The van der Waals surface area contributed by atoms with Gasteiger partial charge in [-0.2, -0.15) is 0 Å². The third-order valence-corrected chi connectivity index (χ3v) is 3.02. The summed E-state index contributed by atoms with van der Waals surface area (Å²) in [4.78, 5) is 0. The van der Waals surface area contributed by atoms with Gasteiger partial charge in [-0.25, -0.2) is 0 Å². The summed E-state index contributed by atoms with van der Waals surface area (Å²) in [5.74, 6) is 0. The highest BCUT2D eigenvalue weighted by Crippen LogP contribution is 2.39. The smallest absolute Gasteiger partial charge is 0.0400 e. The van der Waals surface area contributed by atoms with E-state index in [1.54, 1.807) is 0 Å². The maximum Gasteiger partial charge on any atom is 0.0400 e. The van der Waals surface area contributed by atoms with Gasteiger partial charge < -0.3 is 5.73 Å². The molecule has 0 fully saturated rings. The highest BCUT2D eigenvalue weighted by molar-refractivity contribution is 5.94. The fraction of sp³-hybridized carbons (Fsp3) is 0. The van der Waals surface area contributed by atoms with Gasteiger partial charge in [0.2, 0.25) is 0 Å². The highest BCUT2D eigenvalue weighted by Gasteiger charge is 2.13. The first-order valence-corrected chi connectivity index (χ1v) is 5.69. The number of nitrogens with two attached hydrogens (primary N) is 1. The first-order valence-electron chi connectivity index (χ1n) is 5.69. The van der Waals surface area contributed by atoms with Gasteiger partial charge in [0.25, 0.3) is 0 Å². The molecule has 0 unspecified atom stereocenters. The van der Waals surface area contributed by atoms with Crippen LogP contribution >= 0.6 is 0 Å². The van der Waals surface area contributed by atoms with Crippen molar-refractivity contribution in [1.82, 2.24) is 0 Å². The molecule has 2 N–H and O–H groups in total. The third-order valence-electron chi connectivity index (χ3n) is 3.02. The quantitative estimate of drug-likeness (QED) is 0.656. The first kappa shape index (κ1) is 9.91. The molecule has 0 spiro atoms. The zero-order valence-electron chi connectivity index (χ0n) is 9.43. The monoisotopic (exact) mass is 219 g/mol. The summed E-state index contributed by atoms with van der Waals surface area (Å²) >= 11 is 0. The fourth-order valence-corrected chi connectivity index (χ4v) is 2.20. The van der Waals surface area contributed by atoms with Crippen LogP contribution in [0.25, 0.3) is 22.3 Å².